The third-order valence-corrected chi connectivity index (χ3v) is 13.0. The minimum absolute atomic E-state index is 0.0384. The van der Waals surface area contributed by atoms with Crippen molar-refractivity contribution in [1.29, 1.82) is 0 Å². The van der Waals surface area contributed by atoms with Gasteiger partial charge in [0.25, 0.3) is 11.8 Å². The lowest BCUT2D eigenvalue weighted by Crippen LogP contribution is -2.53. The Kier molecular flexibility index (Phi) is 9.04. The van der Waals surface area contributed by atoms with Crippen LogP contribution in [0.5, 0.6) is 5.75 Å². The number of amides is 4. The lowest BCUT2D eigenvalue weighted by molar-refractivity contribution is -0.144. The molecule has 2 N–H and O–H groups in total. The molecule has 12 heteroatoms. The number of piperidine rings is 1. The fourth-order valence-electron chi connectivity index (χ4n) is 10.3. The van der Waals surface area contributed by atoms with Gasteiger partial charge in [0.05, 0.1) is 28.9 Å². The Labute approximate surface area is 327 Å². The van der Waals surface area contributed by atoms with Crippen molar-refractivity contribution in [1.82, 2.24) is 14.8 Å². The van der Waals surface area contributed by atoms with Gasteiger partial charge in [0.2, 0.25) is 11.8 Å². The van der Waals surface area contributed by atoms with Gasteiger partial charge in [-0.1, -0.05) is 77.8 Å². The molecule has 3 heterocycles. The molecule has 6 atom stereocenters. The summed E-state index contributed by atoms with van der Waals surface area (Å²) in [6, 6.07) is 25.7. The van der Waals surface area contributed by atoms with E-state index in [2.05, 4.69) is 22.5 Å². The summed E-state index contributed by atoms with van der Waals surface area (Å²) in [7, 11) is 0. The van der Waals surface area contributed by atoms with E-state index < -0.39 is 64.2 Å². The van der Waals surface area contributed by atoms with Crippen LogP contribution in [0.2, 0.25) is 5.02 Å². The first kappa shape index (κ1) is 36.3. The van der Waals surface area contributed by atoms with Crippen LogP contribution >= 0.6 is 11.6 Å². The number of likely N-dealkylation sites (tertiary alicyclic amines) is 2. The number of nitrogens with one attached hydrogen (secondary N) is 1. The van der Waals surface area contributed by atoms with Crippen molar-refractivity contribution in [3.05, 3.63) is 142 Å². The third kappa shape index (κ3) is 5.65. The zero-order valence-electron chi connectivity index (χ0n) is 30.3. The monoisotopic (exact) mass is 776 g/mol. The molecule has 0 spiro atoms. The summed E-state index contributed by atoms with van der Waals surface area (Å²) in [6.07, 6.45) is 3.39. The Hall–Kier alpha value is -5.39. The van der Waals surface area contributed by atoms with E-state index in [1.165, 1.54) is 46.9 Å². The van der Waals surface area contributed by atoms with Crippen LogP contribution in [-0.2, 0) is 31.1 Å². The molecule has 1 saturated carbocycles. The molecule has 5 aliphatic rings. The van der Waals surface area contributed by atoms with Crippen molar-refractivity contribution < 1.29 is 33.1 Å². The number of rotatable bonds is 7. The average molecular weight is 777 g/mol. The molecule has 0 radical (unpaired) electrons. The van der Waals surface area contributed by atoms with Crippen LogP contribution in [0.3, 0.4) is 0 Å². The minimum atomic E-state index is -1.73. The fraction of sp³-hybridized carbons (Fsp3) is 0.318. The topological polar surface area (TPSA) is 110 Å². The number of allylic oxidation sites excluding steroid dienone is 2. The van der Waals surface area contributed by atoms with E-state index in [4.69, 9.17) is 11.6 Å². The van der Waals surface area contributed by atoms with E-state index in [1.807, 2.05) is 24.3 Å². The summed E-state index contributed by atoms with van der Waals surface area (Å²) in [5.41, 5.74) is 3.74. The van der Waals surface area contributed by atoms with Gasteiger partial charge in [-0.3, -0.25) is 34.4 Å². The second-order valence-corrected chi connectivity index (χ2v) is 16.0. The number of phenols is 1. The number of hydrogen-bond donors (Lipinski definition) is 2. The van der Waals surface area contributed by atoms with Gasteiger partial charge in [0, 0.05) is 42.2 Å². The van der Waals surface area contributed by atoms with E-state index >= 15 is 9.18 Å². The number of aromatic hydroxyl groups is 1. The first-order valence-corrected chi connectivity index (χ1v) is 19.4. The number of hydrazine groups is 1. The van der Waals surface area contributed by atoms with Crippen molar-refractivity contribution >= 4 is 40.9 Å². The molecule has 4 aromatic rings. The van der Waals surface area contributed by atoms with Crippen LogP contribution in [0.15, 0.2) is 109 Å². The molecule has 4 amide bonds. The van der Waals surface area contributed by atoms with Gasteiger partial charge in [-0.05, 0) is 85.2 Å². The normalized spacial score (nSPS) is 27.9. The lowest BCUT2D eigenvalue weighted by atomic mass is 9.49. The number of hydrogen-bond acceptors (Lipinski definition) is 7. The summed E-state index contributed by atoms with van der Waals surface area (Å²) >= 11 is 6.34. The molecular formula is C44H39ClF2N4O5. The molecule has 9 rings (SSSR count). The van der Waals surface area contributed by atoms with Crippen molar-refractivity contribution in [3.8, 4) is 5.75 Å². The Balaban J connectivity index is 1.12. The molecule has 0 aromatic heterocycles. The molecular weight excluding hydrogens is 738 g/mol. The Morgan fingerprint density at radius 2 is 1.52 bits per heavy atom. The predicted octanol–water partition coefficient (Wildman–Crippen LogP) is 6.97. The van der Waals surface area contributed by atoms with Crippen LogP contribution in [0.25, 0.3) is 0 Å². The summed E-state index contributed by atoms with van der Waals surface area (Å²) < 4.78 is 29.3. The molecule has 2 aliphatic carbocycles. The number of phenolic OH excluding ortho intramolecular Hbond substituents is 1. The number of anilines is 1. The van der Waals surface area contributed by atoms with E-state index in [9.17, 15) is 23.9 Å². The molecule has 0 bridgehead atoms. The predicted molar refractivity (Wildman–Crippen MR) is 204 cm³/mol. The van der Waals surface area contributed by atoms with Crippen molar-refractivity contribution in [2.75, 3.05) is 18.5 Å². The Morgan fingerprint density at radius 3 is 2.23 bits per heavy atom. The van der Waals surface area contributed by atoms with E-state index in [0.29, 0.717) is 29.0 Å². The standard InChI is InChI=1S/C44H39ClF2N4O5/c45-27-11-9-26(10-12-27)44-35(41(54)51(43(44)56)48-29-15-13-28(46)14-16-29)23-34-31(38(44)33-7-4-8-36(47)39(33)52)17-18-32-37(34)42(55)50(40(32)53)30-19-21-49(22-20-30)24-25-5-2-1-3-6-25/h1-17,30,32,34-35,37-38,48,52H,18-24H2/t32-,34+,35-,37-,38+,44+/m0/s1. The van der Waals surface area contributed by atoms with Gasteiger partial charge in [-0.25, -0.2) is 8.78 Å². The maximum atomic E-state index is 15.4. The zero-order chi connectivity index (χ0) is 38.9. The van der Waals surface area contributed by atoms with Gasteiger partial charge >= 0.3 is 0 Å². The molecule has 4 aromatic carbocycles. The smallest absolute Gasteiger partial charge is 0.260 e. The highest BCUT2D eigenvalue weighted by molar-refractivity contribution is 6.30. The number of nitrogens with zero attached hydrogens (tertiary/aromatic N) is 3. The van der Waals surface area contributed by atoms with Crippen LogP contribution in [0, 0.1) is 35.3 Å². The summed E-state index contributed by atoms with van der Waals surface area (Å²) in [5, 5.41) is 12.7. The van der Waals surface area contributed by atoms with Gasteiger partial charge in [0.15, 0.2) is 11.6 Å². The zero-order valence-corrected chi connectivity index (χ0v) is 31.0. The van der Waals surface area contributed by atoms with Crippen LogP contribution in [0.4, 0.5) is 14.5 Å². The summed E-state index contributed by atoms with van der Waals surface area (Å²) in [5.74, 6) is -8.24. The van der Waals surface area contributed by atoms with Crippen molar-refractivity contribution in [3.63, 3.8) is 0 Å². The molecule has 0 unspecified atom stereocenters. The summed E-state index contributed by atoms with van der Waals surface area (Å²) in [6.45, 7) is 2.22. The van der Waals surface area contributed by atoms with E-state index in [1.54, 1.807) is 24.3 Å². The van der Waals surface area contributed by atoms with E-state index in [0.717, 1.165) is 30.7 Å². The van der Waals surface area contributed by atoms with Crippen molar-refractivity contribution in [2.45, 2.75) is 49.6 Å². The maximum absolute atomic E-state index is 15.4. The highest BCUT2D eigenvalue weighted by Gasteiger charge is 2.71. The molecule has 4 fully saturated rings. The highest BCUT2D eigenvalue weighted by Crippen LogP contribution is 2.65. The second-order valence-electron chi connectivity index (χ2n) is 15.6. The van der Waals surface area contributed by atoms with E-state index in [-0.39, 0.29) is 41.9 Å². The number of halogens is 3. The van der Waals surface area contributed by atoms with Crippen LogP contribution in [-0.4, -0.2) is 62.7 Å². The summed E-state index contributed by atoms with van der Waals surface area (Å²) in [4.78, 5) is 62.8. The number of carbonyl (C=O) groups is 4. The first-order chi connectivity index (χ1) is 27.1. The van der Waals surface area contributed by atoms with Gasteiger partial charge in [-0.15, -0.1) is 0 Å². The molecule has 286 valence electrons. The quantitative estimate of drug-likeness (QED) is 0.154. The van der Waals surface area contributed by atoms with Gasteiger partial charge in [-0.2, -0.15) is 5.01 Å². The fourth-order valence-corrected chi connectivity index (χ4v) is 10.5. The second kappa shape index (κ2) is 14.0. The third-order valence-electron chi connectivity index (χ3n) is 12.8. The highest BCUT2D eigenvalue weighted by atomic mass is 35.5. The van der Waals surface area contributed by atoms with Crippen LogP contribution in [0.1, 0.15) is 48.3 Å². The molecule has 3 saturated heterocycles. The first-order valence-electron chi connectivity index (χ1n) is 19.0. The maximum Gasteiger partial charge on any atom is 0.260 e. The number of carbonyl (C=O) groups excluding carboxylic acids is 4. The largest absolute Gasteiger partial charge is 0.505 e. The Morgan fingerprint density at radius 1 is 0.804 bits per heavy atom. The lowest BCUT2D eigenvalue weighted by Gasteiger charge is -2.50. The molecule has 56 heavy (non-hydrogen) atoms. The number of fused-ring (bicyclic) bond motifs is 4. The number of para-hydroxylation sites is 1. The average Bonchev–Trinajstić information content (AvgIpc) is 3.58. The number of benzene rings is 4. The number of imide groups is 2. The van der Waals surface area contributed by atoms with Gasteiger partial charge < -0.3 is 5.11 Å². The Bertz CT molecular complexity index is 2260. The van der Waals surface area contributed by atoms with Crippen LogP contribution < -0.4 is 5.43 Å². The minimum Gasteiger partial charge on any atom is -0.505 e. The molecule has 3 aliphatic heterocycles. The van der Waals surface area contributed by atoms with Gasteiger partial charge in [0.1, 0.15) is 5.82 Å². The van der Waals surface area contributed by atoms with Crippen molar-refractivity contribution in [2.24, 2.45) is 23.7 Å². The molecule has 9 nitrogen and oxygen atoms in total. The SMILES string of the molecule is O=C1[C@@H]2C[C@@H]3C(=CC[C@@H]4C(=O)N(C5CCN(Cc6ccccc6)CC5)C(=O)[C@@H]43)[C@H](c3cccc(F)c3O)[C@]2(c2ccc(Cl)cc2)C(=O)N1Nc1ccc(F)cc1.